The molecule has 3 N–H and O–H groups in total. The number of nitriles is 1. The van der Waals surface area contributed by atoms with Gasteiger partial charge in [0.05, 0.1) is 22.1 Å². The average Bonchev–Trinajstić information content (AvgIpc) is 3.30. The zero-order valence-corrected chi connectivity index (χ0v) is 24.5. The Morgan fingerprint density at radius 2 is 1.97 bits per heavy atom. The molecule has 1 aliphatic carbocycles. The van der Waals surface area contributed by atoms with E-state index in [-0.39, 0.29) is 10.7 Å². The molecule has 1 amide bonds. The fourth-order valence-electron chi connectivity index (χ4n) is 4.39. The molecule has 190 valence electrons. The second-order valence-corrected chi connectivity index (χ2v) is 11.8. The summed E-state index contributed by atoms with van der Waals surface area (Å²) in [5.74, 6) is -0.599. The molecule has 5 rings (SSSR count). The van der Waals surface area contributed by atoms with Gasteiger partial charge in [-0.25, -0.2) is 4.98 Å². The number of carbonyl (C=O) groups excluding carboxylic acids is 1. The van der Waals surface area contributed by atoms with E-state index in [9.17, 15) is 15.2 Å². The van der Waals surface area contributed by atoms with Crippen molar-refractivity contribution in [3.8, 4) is 23.1 Å². The first-order chi connectivity index (χ1) is 18.4. The molecular formula is C27H19Br2N5O2S2. The van der Waals surface area contributed by atoms with Gasteiger partial charge in [-0.3, -0.25) is 10.2 Å². The van der Waals surface area contributed by atoms with Crippen molar-refractivity contribution in [3.63, 3.8) is 0 Å². The number of amides is 1. The minimum Gasteiger partial charge on any atom is -0.506 e. The first kappa shape index (κ1) is 26.4. The van der Waals surface area contributed by atoms with Crippen LogP contribution in [0.5, 0.6) is 5.75 Å². The van der Waals surface area contributed by atoms with Crippen LogP contribution in [0.15, 0.2) is 56.5 Å². The molecule has 2 aromatic carbocycles. The number of anilines is 1. The molecule has 0 atom stereocenters. The van der Waals surface area contributed by atoms with Gasteiger partial charge in [-0.1, -0.05) is 58.5 Å². The van der Waals surface area contributed by atoms with E-state index in [2.05, 4.69) is 53.8 Å². The van der Waals surface area contributed by atoms with Crippen molar-refractivity contribution in [2.45, 2.75) is 25.7 Å². The monoisotopic (exact) mass is 667 g/mol. The van der Waals surface area contributed by atoms with Crippen LogP contribution in [0.1, 0.15) is 34.4 Å². The fourth-order valence-corrected chi connectivity index (χ4v) is 7.03. The van der Waals surface area contributed by atoms with Crippen LogP contribution < -0.4 is 10.7 Å². The van der Waals surface area contributed by atoms with E-state index in [4.69, 9.17) is 17.2 Å². The largest absolute Gasteiger partial charge is 0.506 e. The van der Waals surface area contributed by atoms with Crippen LogP contribution in [-0.4, -0.2) is 27.2 Å². The number of phenols is 1. The maximum Gasteiger partial charge on any atom is 0.284 e. The van der Waals surface area contributed by atoms with E-state index in [1.165, 1.54) is 11.1 Å². The number of thiocarbonyl (C=S) groups is 1. The maximum absolute atomic E-state index is 13.2. The maximum atomic E-state index is 13.2. The molecule has 4 aromatic rings. The first-order valence-corrected chi connectivity index (χ1v) is 14.4. The summed E-state index contributed by atoms with van der Waals surface area (Å²) in [4.78, 5) is 19.9. The molecule has 0 saturated heterocycles. The number of fused-ring (bicyclic) bond motifs is 3. The van der Waals surface area contributed by atoms with Crippen LogP contribution >= 0.6 is 55.4 Å². The number of benzene rings is 2. The van der Waals surface area contributed by atoms with Crippen LogP contribution in [-0.2, 0) is 17.6 Å². The lowest BCUT2D eigenvalue weighted by molar-refractivity contribution is -0.110. The van der Waals surface area contributed by atoms with E-state index >= 15 is 0 Å². The van der Waals surface area contributed by atoms with Crippen molar-refractivity contribution < 1.29 is 9.90 Å². The summed E-state index contributed by atoms with van der Waals surface area (Å²) in [7, 11) is 0. The second kappa shape index (κ2) is 11.3. The molecule has 0 saturated carbocycles. The highest BCUT2D eigenvalue weighted by Crippen LogP contribution is 2.43. The van der Waals surface area contributed by atoms with E-state index in [0.29, 0.717) is 27.0 Å². The number of halogens is 2. The van der Waals surface area contributed by atoms with Gasteiger partial charge in [-0.2, -0.15) is 10.4 Å². The van der Waals surface area contributed by atoms with E-state index in [1.807, 2.05) is 30.3 Å². The van der Waals surface area contributed by atoms with Gasteiger partial charge in [-0.15, -0.1) is 11.3 Å². The predicted octanol–water partition coefficient (Wildman–Crippen LogP) is 6.83. The second-order valence-electron chi connectivity index (χ2n) is 8.56. The van der Waals surface area contributed by atoms with Crippen molar-refractivity contribution in [1.29, 1.82) is 5.26 Å². The normalized spacial score (nSPS) is 12.8. The van der Waals surface area contributed by atoms with Crippen molar-refractivity contribution in [1.82, 2.24) is 10.4 Å². The van der Waals surface area contributed by atoms with E-state index in [0.717, 1.165) is 51.5 Å². The Labute approximate surface area is 244 Å². The SMILES string of the molecule is N#Cc1c(-c2ccccc2)nc2sc3c(c2c1NC(=O)C(=S)N/N=C/c1cc(Br)cc(Br)c1O)CCCC3. The topological polar surface area (TPSA) is 110 Å². The number of rotatable bonds is 4. The van der Waals surface area contributed by atoms with Crippen LogP contribution in [0.25, 0.3) is 21.5 Å². The summed E-state index contributed by atoms with van der Waals surface area (Å²) in [5, 5.41) is 28.1. The fraction of sp³-hybridized carbons (Fsp3) is 0.148. The summed E-state index contributed by atoms with van der Waals surface area (Å²) >= 11 is 13.5. The molecule has 0 bridgehead atoms. The Morgan fingerprint density at radius 3 is 2.74 bits per heavy atom. The highest BCUT2D eigenvalue weighted by atomic mass is 79.9. The number of aromatic hydroxyl groups is 1. The number of nitrogens with one attached hydrogen (secondary N) is 2. The standard InChI is InChI=1S/C27H19Br2N5O2S2/c28-16-10-15(24(35)19(29)11-16)13-31-34-26(37)25(36)32-23-18(12-30)22(14-6-2-1-3-7-14)33-27-21(23)17-8-4-5-9-20(17)38-27/h1-3,6-7,10-11,13,35H,4-5,8-9H2,(H,34,37)(H,32,33,36)/b31-13+. The lowest BCUT2D eigenvalue weighted by Gasteiger charge is -2.15. The number of aromatic nitrogens is 1. The smallest absolute Gasteiger partial charge is 0.284 e. The molecule has 11 heteroatoms. The van der Waals surface area contributed by atoms with Crippen LogP contribution in [0.2, 0.25) is 0 Å². The number of aryl methyl sites for hydroxylation is 2. The molecule has 0 fully saturated rings. The zero-order chi connectivity index (χ0) is 26.8. The van der Waals surface area contributed by atoms with Crippen molar-refractivity contribution in [2.75, 3.05) is 5.32 Å². The molecule has 0 aliphatic heterocycles. The summed E-state index contributed by atoms with van der Waals surface area (Å²) in [6.45, 7) is 0. The number of pyridine rings is 1. The van der Waals surface area contributed by atoms with Gasteiger partial charge in [0.25, 0.3) is 5.91 Å². The predicted molar refractivity (Wildman–Crippen MR) is 162 cm³/mol. The molecule has 38 heavy (non-hydrogen) atoms. The summed E-state index contributed by atoms with van der Waals surface area (Å²) < 4.78 is 1.23. The Hall–Kier alpha value is -3.17. The summed E-state index contributed by atoms with van der Waals surface area (Å²) in [5.41, 5.74) is 6.13. The van der Waals surface area contributed by atoms with Gasteiger partial charge in [0.1, 0.15) is 22.2 Å². The van der Waals surface area contributed by atoms with Crippen LogP contribution in [0, 0.1) is 11.3 Å². The number of phenolic OH excluding ortho intramolecular Hbond substituents is 1. The molecule has 2 aromatic heterocycles. The highest BCUT2D eigenvalue weighted by Gasteiger charge is 2.26. The number of carbonyl (C=O) groups is 1. The number of nitrogens with zero attached hydrogens (tertiary/aromatic N) is 3. The third-order valence-corrected chi connectivity index (χ3v) is 8.66. The van der Waals surface area contributed by atoms with Gasteiger partial charge in [0.15, 0.2) is 4.99 Å². The Balaban J connectivity index is 1.50. The number of hydrogen-bond donors (Lipinski definition) is 3. The number of thiophene rings is 1. The summed E-state index contributed by atoms with van der Waals surface area (Å²) in [6, 6.07) is 15.1. The lowest BCUT2D eigenvalue weighted by atomic mass is 9.94. The first-order valence-electron chi connectivity index (χ1n) is 11.6. The Kier molecular flexibility index (Phi) is 7.85. The van der Waals surface area contributed by atoms with E-state index < -0.39 is 5.91 Å². The third-order valence-electron chi connectivity index (χ3n) is 6.13. The van der Waals surface area contributed by atoms with Gasteiger partial charge >= 0.3 is 0 Å². The molecule has 7 nitrogen and oxygen atoms in total. The lowest BCUT2D eigenvalue weighted by Crippen LogP contribution is -2.31. The van der Waals surface area contributed by atoms with Crippen molar-refractivity contribution in [2.24, 2.45) is 5.10 Å². The highest BCUT2D eigenvalue weighted by molar-refractivity contribution is 9.11. The van der Waals surface area contributed by atoms with Gasteiger partial charge in [0.2, 0.25) is 0 Å². The van der Waals surface area contributed by atoms with Gasteiger partial charge in [0, 0.05) is 25.9 Å². The zero-order valence-electron chi connectivity index (χ0n) is 19.7. The molecule has 0 spiro atoms. The van der Waals surface area contributed by atoms with Crippen LogP contribution in [0.4, 0.5) is 5.69 Å². The van der Waals surface area contributed by atoms with Crippen molar-refractivity contribution >= 4 is 88.4 Å². The molecule has 0 unspecified atom stereocenters. The quantitative estimate of drug-likeness (QED) is 0.125. The van der Waals surface area contributed by atoms with Gasteiger partial charge < -0.3 is 10.4 Å². The molecule has 0 radical (unpaired) electrons. The molecule has 2 heterocycles. The number of hydrazone groups is 1. The Bertz CT molecular complexity index is 1660. The summed E-state index contributed by atoms with van der Waals surface area (Å²) in [6.07, 6.45) is 5.34. The average molecular weight is 669 g/mol. The van der Waals surface area contributed by atoms with Gasteiger partial charge in [-0.05, 0) is 59.3 Å². The minimum atomic E-state index is -0.601. The number of hydrogen-bond acceptors (Lipinski definition) is 7. The van der Waals surface area contributed by atoms with E-state index in [1.54, 1.807) is 23.5 Å². The minimum absolute atomic E-state index is 0.00244. The molecular weight excluding hydrogens is 650 g/mol. The van der Waals surface area contributed by atoms with Crippen molar-refractivity contribution in [3.05, 3.63) is 73.0 Å². The molecule has 1 aliphatic rings. The third kappa shape index (κ3) is 5.22. The van der Waals surface area contributed by atoms with Crippen LogP contribution in [0.3, 0.4) is 0 Å². The Morgan fingerprint density at radius 1 is 1.21 bits per heavy atom.